The molecule has 0 N–H and O–H groups in total. The molecule has 1 amide bonds. The normalized spacial score (nSPS) is 25.2. The lowest BCUT2D eigenvalue weighted by molar-refractivity contribution is -0.183. The largest absolute Gasteiger partial charge is 0.338 e. The van der Waals surface area contributed by atoms with E-state index in [0.717, 1.165) is 43.2 Å². The van der Waals surface area contributed by atoms with Crippen LogP contribution in [0.1, 0.15) is 55.0 Å². The van der Waals surface area contributed by atoms with Gasteiger partial charge in [-0.15, -0.1) is 0 Å². The highest BCUT2D eigenvalue weighted by molar-refractivity contribution is 5.78. The van der Waals surface area contributed by atoms with Crippen molar-refractivity contribution < 1.29 is 14.0 Å². The number of rotatable bonds is 4. The lowest BCUT2D eigenvalue weighted by atomic mass is 9.79. The smallest absolute Gasteiger partial charge is 0.249 e. The molecule has 150 valence electrons. The van der Waals surface area contributed by atoms with Crippen LogP contribution >= 0.6 is 0 Å². The second kappa shape index (κ2) is 8.03. The number of halogens is 1. The molecule has 1 saturated carbocycles. The van der Waals surface area contributed by atoms with E-state index < -0.39 is 0 Å². The SMILES string of the molecule is Cc1cc(F)cc([C@@H]2CCON2C(=O)C2CCC(Cc3cncn3C)CC2)c1. The summed E-state index contributed by atoms with van der Waals surface area (Å²) in [6, 6.07) is 4.80. The van der Waals surface area contributed by atoms with E-state index in [1.165, 1.54) is 22.9 Å². The molecule has 2 aliphatic rings. The Morgan fingerprint density at radius 1 is 1.21 bits per heavy atom. The van der Waals surface area contributed by atoms with Gasteiger partial charge in [0, 0.05) is 31.3 Å². The van der Waals surface area contributed by atoms with Gasteiger partial charge in [-0.2, -0.15) is 0 Å². The number of aromatic nitrogens is 2. The van der Waals surface area contributed by atoms with Crippen molar-refractivity contribution in [3.05, 3.63) is 53.4 Å². The van der Waals surface area contributed by atoms with Crippen LogP contribution in [0.2, 0.25) is 0 Å². The van der Waals surface area contributed by atoms with Gasteiger partial charge in [-0.25, -0.2) is 14.4 Å². The van der Waals surface area contributed by atoms with Crippen LogP contribution in [-0.4, -0.2) is 27.1 Å². The van der Waals surface area contributed by atoms with E-state index in [1.54, 1.807) is 0 Å². The first-order chi connectivity index (χ1) is 13.5. The van der Waals surface area contributed by atoms with Crippen molar-refractivity contribution in [2.75, 3.05) is 6.61 Å². The zero-order chi connectivity index (χ0) is 19.7. The lowest BCUT2D eigenvalue weighted by Gasteiger charge is -2.32. The van der Waals surface area contributed by atoms with Gasteiger partial charge < -0.3 is 4.57 Å². The number of hydroxylamine groups is 2. The molecule has 6 heteroatoms. The van der Waals surface area contributed by atoms with Crippen LogP contribution in [-0.2, 0) is 23.1 Å². The first kappa shape index (κ1) is 19.1. The maximum atomic E-state index is 13.8. The quantitative estimate of drug-likeness (QED) is 0.795. The Morgan fingerprint density at radius 3 is 2.68 bits per heavy atom. The lowest BCUT2D eigenvalue weighted by Crippen LogP contribution is -2.36. The molecule has 1 aliphatic heterocycles. The molecule has 2 heterocycles. The van der Waals surface area contributed by atoms with E-state index in [9.17, 15) is 9.18 Å². The number of carbonyl (C=O) groups excluding carboxylic acids is 1. The molecule has 4 rings (SSSR count). The Kier molecular flexibility index (Phi) is 5.49. The van der Waals surface area contributed by atoms with Crippen LogP contribution in [0.4, 0.5) is 4.39 Å². The molecule has 28 heavy (non-hydrogen) atoms. The second-order valence-electron chi connectivity index (χ2n) is 8.28. The van der Waals surface area contributed by atoms with Crippen LogP contribution in [0.5, 0.6) is 0 Å². The molecule has 1 saturated heterocycles. The standard InChI is InChI=1S/C22H28FN3O2/c1-15-9-18(12-19(23)10-15)21-7-8-28-26(21)22(27)17-5-3-16(4-6-17)11-20-13-24-14-25(20)2/h9-10,12-14,16-17,21H,3-8,11H2,1-2H3/t16?,17?,21-/m0/s1. The molecule has 2 aromatic rings. The Hall–Kier alpha value is -2.21. The summed E-state index contributed by atoms with van der Waals surface area (Å²) in [6.07, 6.45) is 9.35. The summed E-state index contributed by atoms with van der Waals surface area (Å²) in [5, 5.41) is 1.53. The van der Waals surface area contributed by atoms with Gasteiger partial charge in [-0.3, -0.25) is 9.63 Å². The van der Waals surface area contributed by atoms with Crippen LogP contribution in [0, 0.1) is 24.6 Å². The third kappa shape index (κ3) is 3.97. The fourth-order valence-corrected chi connectivity index (χ4v) is 4.62. The molecule has 1 aromatic heterocycles. The average molecular weight is 385 g/mol. The molecule has 1 aliphatic carbocycles. The van der Waals surface area contributed by atoms with Gasteiger partial charge in [0.05, 0.1) is 19.0 Å². The fraction of sp³-hybridized carbons (Fsp3) is 0.545. The third-order valence-corrected chi connectivity index (χ3v) is 6.18. The Bertz CT molecular complexity index is 822. The van der Waals surface area contributed by atoms with Gasteiger partial charge >= 0.3 is 0 Å². The maximum absolute atomic E-state index is 13.8. The molecule has 0 spiro atoms. The number of imidazole rings is 1. The van der Waals surface area contributed by atoms with Crippen molar-refractivity contribution >= 4 is 5.91 Å². The van der Waals surface area contributed by atoms with Crippen molar-refractivity contribution in [1.82, 2.24) is 14.6 Å². The number of hydrogen-bond donors (Lipinski definition) is 0. The molecular formula is C22H28FN3O2. The van der Waals surface area contributed by atoms with Crippen LogP contribution in [0.15, 0.2) is 30.7 Å². The Balaban J connectivity index is 1.38. The third-order valence-electron chi connectivity index (χ3n) is 6.18. The Labute approximate surface area is 165 Å². The summed E-state index contributed by atoms with van der Waals surface area (Å²) in [6.45, 7) is 2.37. The zero-order valence-electron chi connectivity index (χ0n) is 16.6. The number of aryl methyl sites for hydroxylation is 2. The summed E-state index contributed by atoms with van der Waals surface area (Å²) in [5.41, 5.74) is 2.94. The van der Waals surface area contributed by atoms with Crippen molar-refractivity contribution in [2.45, 2.75) is 51.5 Å². The van der Waals surface area contributed by atoms with Gasteiger partial charge in [0.15, 0.2) is 0 Å². The summed E-state index contributed by atoms with van der Waals surface area (Å²) in [7, 11) is 2.02. The minimum absolute atomic E-state index is 0.00181. The van der Waals surface area contributed by atoms with E-state index >= 15 is 0 Å². The summed E-state index contributed by atoms with van der Waals surface area (Å²) in [4.78, 5) is 23.0. The molecule has 1 atom stereocenters. The first-order valence-corrected chi connectivity index (χ1v) is 10.2. The highest BCUT2D eigenvalue weighted by Gasteiger charge is 2.37. The van der Waals surface area contributed by atoms with Gasteiger partial charge in [-0.05, 0) is 68.2 Å². The monoisotopic (exact) mass is 385 g/mol. The highest BCUT2D eigenvalue weighted by atomic mass is 19.1. The van der Waals surface area contributed by atoms with Crippen LogP contribution in [0.25, 0.3) is 0 Å². The minimum atomic E-state index is -0.259. The van der Waals surface area contributed by atoms with E-state index in [2.05, 4.69) is 9.55 Å². The maximum Gasteiger partial charge on any atom is 0.249 e. The van der Waals surface area contributed by atoms with E-state index in [4.69, 9.17) is 4.84 Å². The van der Waals surface area contributed by atoms with Crippen molar-refractivity contribution in [2.24, 2.45) is 18.9 Å². The summed E-state index contributed by atoms with van der Waals surface area (Å²) in [5.74, 6) is 0.395. The molecular weight excluding hydrogens is 357 g/mol. The zero-order valence-corrected chi connectivity index (χ0v) is 16.6. The first-order valence-electron chi connectivity index (χ1n) is 10.2. The predicted octanol–water partition coefficient (Wildman–Crippen LogP) is 4.12. The number of hydrogen-bond acceptors (Lipinski definition) is 3. The molecule has 2 fully saturated rings. The molecule has 5 nitrogen and oxygen atoms in total. The molecule has 1 aromatic carbocycles. The average Bonchev–Trinajstić information content (AvgIpc) is 3.31. The van der Waals surface area contributed by atoms with Gasteiger partial charge in [0.2, 0.25) is 5.91 Å². The summed E-state index contributed by atoms with van der Waals surface area (Å²) < 4.78 is 15.9. The van der Waals surface area contributed by atoms with Crippen molar-refractivity contribution in [3.8, 4) is 0 Å². The number of amides is 1. The number of nitrogens with zero attached hydrogens (tertiary/aromatic N) is 3. The highest BCUT2D eigenvalue weighted by Crippen LogP contribution is 2.37. The van der Waals surface area contributed by atoms with Crippen molar-refractivity contribution in [1.29, 1.82) is 0 Å². The van der Waals surface area contributed by atoms with E-state index in [1.807, 2.05) is 32.6 Å². The molecule has 0 unspecified atom stereocenters. The van der Waals surface area contributed by atoms with Gasteiger partial charge in [0.25, 0.3) is 0 Å². The minimum Gasteiger partial charge on any atom is -0.338 e. The molecule has 0 bridgehead atoms. The number of benzene rings is 1. The topological polar surface area (TPSA) is 47.4 Å². The van der Waals surface area contributed by atoms with Gasteiger partial charge in [-0.1, -0.05) is 6.07 Å². The van der Waals surface area contributed by atoms with Crippen LogP contribution in [0.3, 0.4) is 0 Å². The van der Waals surface area contributed by atoms with Gasteiger partial charge in [0.1, 0.15) is 5.82 Å². The van der Waals surface area contributed by atoms with E-state index in [-0.39, 0.29) is 23.7 Å². The second-order valence-corrected chi connectivity index (χ2v) is 8.28. The van der Waals surface area contributed by atoms with Crippen LogP contribution < -0.4 is 0 Å². The summed E-state index contributed by atoms with van der Waals surface area (Å²) >= 11 is 0. The fourth-order valence-electron chi connectivity index (χ4n) is 4.62. The molecule has 0 radical (unpaired) electrons. The number of carbonyl (C=O) groups is 1. The van der Waals surface area contributed by atoms with E-state index in [0.29, 0.717) is 18.9 Å². The van der Waals surface area contributed by atoms with Crippen molar-refractivity contribution in [3.63, 3.8) is 0 Å². The Morgan fingerprint density at radius 2 is 2.00 bits per heavy atom. The predicted molar refractivity (Wildman–Crippen MR) is 104 cm³/mol.